The average molecular weight is 937 g/mol. The number of carbonyl (C=O) groups excluding carboxylic acids is 3. The molecule has 0 spiro atoms. The Hall–Kier alpha value is -4.71. The minimum absolute atomic E-state index is 0.109. The summed E-state index contributed by atoms with van der Waals surface area (Å²) in [5, 5.41) is 0. The molecule has 0 rings (SSSR count). The zero-order valence-electron chi connectivity index (χ0n) is 43.3. The van der Waals surface area contributed by atoms with Gasteiger partial charge >= 0.3 is 17.9 Å². The molecule has 0 bridgehead atoms. The lowest BCUT2D eigenvalue weighted by Crippen LogP contribution is -2.30. The van der Waals surface area contributed by atoms with Crippen molar-refractivity contribution in [2.24, 2.45) is 0 Å². The normalized spacial score (nSPS) is 13.3. The molecule has 1 unspecified atom stereocenters. The summed E-state index contributed by atoms with van der Waals surface area (Å²) in [4.78, 5) is 38.1. The molecule has 0 aliphatic carbocycles. The first-order valence-corrected chi connectivity index (χ1v) is 26.9. The number of allylic oxidation sites excluding steroid dienone is 24. The molecule has 6 heteroatoms. The van der Waals surface area contributed by atoms with Crippen molar-refractivity contribution in [2.45, 2.75) is 213 Å². The van der Waals surface area contributed by atoms with E-state index in [0.29, 0.717) is 19.3 Å². The Kier molecular flexibility index (Phi) is 51.1. The van der Waals surface area contributed by atoms with Crippen LogP contribution in [0.5, 0.6) is 0 Å². The van der Waals surface area contributed by atoms with E-state index in [1.807, 2.05) is 72.9 Å². The lowest BCUT2D eigenvalue weighted by molar-refractivity contribution is -0.167. The van der Waals surface area contributed by atoms with Crippen LogP contribution in [0.25, 0.3) is 0 Å². The first-order valence-electron chi connectivity index (χ1n) is 26.9. The number of carbonyl (C=O) groups is 3. The van der Waals surface area contributed by atoms with Crippen LogP contribution in [0.4, 0.5) is 0 Å². The fourth-order valence-electron chi connectivity index (χ4n) is 6.83. The van der Waals surface area contributed by atoms with Gasteiger partial charge in [0.1, 0.15) is 13.2 Å². The number of hydrogen-bond acceptors (Lipinski definition) is 6. The number of ether oxygens (including phenoxy) is 3. The first-order chi connectivity index (χ1) is 33.5. The summed E-state index contributed by atoms with van der Waals surface area (Å²) >= 11 is 0. The second-order valence-corrected chi connectivity index (χ2v) is 17.2. The highest BCUT2D eigenvalue weighted by Crippen LogP contribution is 2.14. The van der Waals surface area contributed by atoms with Crippen molar-refractivity contribution in [1.82, 2.24) is 0 Å². The van der Waals surface area contributed by atoms with E-state index in [4.69, 9.17) is 14.2 Å². The van der Waals surface area contributed by atoms with Gasteiger partial charge in [-0.2, -0.15) is 0 Å². The fraction of sp³-hybridized carbons (Fsp3) is 0.565. The van der Waals surface area contributed by atoms with Gasteiger partial charge < -0.3 is 14.2 Å². The first kappa shape index (κ1) is 63.3. The largest absolute Gasteiger partial charge is 0.462 e. The summed E-state index contributed by atoms with van der Waals surface area (Å²) in [7, 11) is 0. The summed E-state index contributed by atoms with van der Waals surface area (Å²) in [5.41, 5.74) is 0. The van der Waals surface area contributed by atoms with Gasteiger partial charge in [0.2, 0.25) is 0 Å². The molecule has 6 nitrogen and oxygen atoms in total. The molecule has 0 aromatic heterocycles. The van der Waals surface area contributed by atoms with E-state index in [1.54, 1.807) is 0 Å². The summed E-state index contributed by atoms with van der Waals surface area (Å²) < 4.78 is 16.8. The van der Waals surface area contributed by atoms with Gasteiger partial charge in [0.05, 0.1) is 0 Å². The quantitative estimate of drug-likeness (QED) is 0.0199. The highest BCUT2D eigenvalue weighted by Gasteiger charge is 2.19. The molecular weight excluding hydrogens is 841 g/mol. The van der Waals surface area contributed by atoms with E-state index in [1.165, 1.54) is 38.5 Å². The minimum atomic E-state index is -0.812. The number of rotatable bonds is 46. The summed E-state index contributed by atoms with van der Waals surface area (Å²) in [5.74, 6) is -0.983. The third-order valence-electron chi connectivity index (χ3n) is 10.8. The molecule has 0 N–H and O–H groups in total. The fourth-order valence-corrected chi connectivity index (χ4v) is 6.83. The van der Waals surface area contributed by atoms with Crippen molar-refractivity contribution in [3.8, 4) is 0 Å². The van der Waals surface area contributed by atoms with E-state index < -0.39 is 6.10 Å². The molecular formula is C62H96O6. The van der Waals surface area contributed by atoms with Crippen LogP contribution in [0.2, 0.25) is 0 Å². The maximum absolute atomic E-state index is 12.8. The van der Waals surface area contributed by atoms with Crippen LogP contribution >= 0.6 is 0 Å². The second-order valence-electron chi connectivity index (χ2n) is 17.2. The monoisotopic (exact) mass is 937 g/mol. The van der Waals surface area contributed by atoms with E-state index in [2.05, 4.69) is 93.7 Å². The molecule has 0 aliphatic heterocycles. The van der Waals surface area contributed by atoms with Gasteiger partial charge in [-0.15, -0.1) is 0 Å². The molecule has 0 amide bonds. The van der Waals surface area contributed by atoms with E-state index in [0.717, 1.165) is 128 Å². The van der Waals surface area contributed by atoms with E-state index in [-0.39, 0.29) is 31.1 Å². The van der Waals surface area contributed by atoms with Crippen LogP contribution in [-0.2, 0) is 28.6 Å². The van der Waals surface area contributed by atoms with Gasteiger partial charge in [-0.05, 0) is 96.3 Å². The van der Waals surface area contributed by atoms with Crippen molar-refractivity contribution in [2.75, 3.05) is 13.2 Å². The Bertz CT molecular complexity index is 1540. The molecule has 1 atom stereocenters. The van der Waals surface area contributed by atoms with Crippen molar-refractivity contribution < 1.29 is 28.6 Å². The molecule has 68 heavy (non-hydrogen) atoms. The zero-order valence-corrected chi connectivity index (χ0v) is 43.3. The third-order valence-corrected chi connectivity index (χ3v) is 10.8. The highest BCUT2D eigenvalue weighted by atomic mass is 16.6. The van der Waals surface area contributed by atoms with Crippen LogP contribution < -0.4 is 0 Å². The van der Waals surface area contributed by atoms with Gasteiger partial charge in [0.25, 0.3) is 0 Å². The number of esters is 3. The van der Waals surface area contributed by atoms with Crippen molar-refractivity contribution in [3.05, 3.63) is 146 Å². The van der Waals surface area contributed by atoms with Gasteiger partial charge in [0, 0.05) is 19.3 Å². The van der Waals surface area contributed by atoms with Gasteiger partial charge in [0.15, 0.2) is 6.10 Å². The maximum atomic E-state index is 12.8. The van der Waals surface area contributed by atoms with E-state index in [9.17, 15) is 14.4 Å². The number of unbranched alkanes of at least 4 members (excludes halogenated alkanes) is 17. The molecule has 380 valence electrons. The second kappa shape index (κ2) is 54.9. The predicted molar refractivity (Wildman–Crippen MR) is 292 cm³/mol. The molecule has 0 heterocycles. The average Bonchev–Trinajstić information content (AvgIpc) is 3.34. The smallest absolute Gasteiger partial charge is 0.306 e. The van der Waals surface area contributed by atoms with Crippen molar-refractivity contribution >= 4 is 17.9 Å². The van der Waals surface area contributed by atoms with E-state index >= 15 is 0 Å². The highest BCUT2D eigenvalue weighted by molar-refractivity contribution is 5.71. The van der Waals surface area contributed by atoms with Gasteiger partial charge in [-0.25, -0.2) is 0 Å². The Labute approximate surface area is 417 Å². The van der Waals surface area contributed by atoms with Crippen LogP contribution in [0, 0.1) is 0 Å². The van der Waals surface area contributed by atoms with Crippen LogP contribution in [0.1, 0.15) is 207 Å². The molecule has 0 aromatic carbocycles. The molecule has 0 fully saturated rings. The summed E-state index contributed by atoms with van der Waals surface area (Å²) in [6, 6.07) is 0. The molecule has 0 saturated heterocycles. The maximum Gasteiger partial charge on any atom is 0.306 e. The molecule has 0 saturated carbocycles. The van der Waals surface area contributed by atoms with Gasteiger partial charge in [-0.3, -0.25) is 14.4 Å². The third kappa shape index (κ3) is 52.3. The summed E-state index contributed by atoms with van der Waals surface area (Å²) in [6.45, 7) is 6.20. The van der Waals surface area contributed by atoms with Crippen LogP contribution in [-0.4, -0.2) is 37.2 Å². The molecule has 0 aliphatic rings. The SMILES string of the molecule is CC\C=C/C=C\C=C/C=C\C=C\C=C/C=C\CCCCCC(=O)OCC(COC(=O)CCCCCCC/C=C\C/C=C\CC)OC(=O)CCCCCCCCCCC/C=C\C/C=C\C/C=C\CC. The zero-order chi connectivity index (χ0) is 49.3. The lowest BCUT2D eigenvalue weighted by atomic mass is 10.1. The Morgan fingerprint density at radius 3 is 1.01 bits per heavy atom. The lowest BCUT2D eigenvalue weighted by Gasteiger charge is -2.18. The Morgan fingerprint density at radius 1 is 0.309 bits per heavy atom. The standard InChI is InChI=1S/C62H96O6/c1-4-7-10-13-16-19-22-25-27-29-31-33-35-37-40-43-46-49-52-55-61(64)67-58-59(57-66-60(63)54-51-48-45-42-39-24-21-18-15-12-9-6-3)68-62(65)56-53-50-47-44-41-38-36-34-32-30-28-26-23-20-17-14-11-8-5-2/h7-13,16-22,25-29,31,33,35,37,40,59H,4-6,14-15,23-24,30,32,34,36,38-39,41-58H2,1-3H3/b10-7-,11-8-,12-9-,16-13-,20-17-,21-18-,22-19-,27-25-,28-26-,31-29+,35-33-,40-37-. The molecule has 0 radical (unpaired) electrons. The van der Waals surface area contributed by atoms with Crippen molar-refractivity contribution in [3.63, 3.8) is 0 Å². The van der Waals surface area contributed by atoms with Crippen LogP contribution in [0.15, 0.2) is 146 Å². The number of hydrogen-bond donors (Lipinski definition) is 0. The molecule has 0 aromatic rings. The van der Waals surface area contributed by atoms with Crippen LogP contribution in [0.3, 0.4) is 0 Å². The minimum Gasteiger partial charge on any atom is -0.462 e. The van der Waals surface area contributed by atoms with Crippen molar-refractivity contribution in [1.29, 1.82) is 0 Å². The van der Waals surface area contributed by atoms with Gasteiger partial charge in [-0.1, -0.05) is 237 Å². The Balaban J connectivity index is 4.52. The topological polar surface area (TPSA) is 78.9 Å². The summed E-state index contributed by atoms with van der Waals surface area (Å²) in [6.07, 6.45) is 78.3. The Morgan fingerprint density at radius 2 is 0.603 bits per heavy atom. The predicted octanol–water partition coefficient (Wildman–Crippen LogP) is 18.0.